The van der Waals surface area contributed by atoms with Gasteiger partial charge in [-0.1, -0.05) is 48.0 Å². The van der Waals surface area contributed by atoms with E-state index < -0.39 is 0 Å². The van der Waals surface area contributed by atoms with E-state index in [2.05, 4.69) is 57.6 Å². The first-order chi connectivity index (χ1) is 13.2. The molecule has 0 amide bonds. The lowest BCUT2D eigenvalue weighted by Crippen LogP contribution is -2.30. The van der Waals surface area contributed by atoms with Crippen molar-refractivity contribution in [1.29, 1.82) is 0 Å². The maximum atomic E-state index is 6.20. The highest BCUT2D eigenvalue weighted by Gasteiger charge is 2.39. The molecule has 0 radical (unpaired) electrons. The molecule has 0 aromatic heterocycles. The van der Waals surface area contributed by atoms with E-state index in [1.807, 2.05) is 13.0 Å². The molecule has 2 aromatic carbocycles. The molecule has 4 rings (SSSR count). The van der Waals surface area contributed by atoms with E-state index in [9.17, 15) is 0 Å². The van der Waals surface area contributed by atoms with Crippen LogP contribution in [0.25, 0.3) is 0 Å². The molecule has 2 aromatic rings. The summed E-state index contributed by atoms with van der Waals surface area (Å²) in [6, 6.07) is 17.1. The summed E-state index contributed by atoms with van der Waals surface area (Å²) in [5, 5.41) is 4.34. The molecule has 2 unspecified atom stereocenters. The maximum absolute atomic E-state index is 6.20. The number of anilines is 1. The van der Waals surface area contributed by atoms with Crippen molar-refractivity contribution in [3.8, 4) is 0 Å². The molecule has 0 bridgehead atoms. The minimum absolute atomic E-state index is 0.840. The molecule has 0 spiro atoms. The summed E-state index contributed by atoms with van der Waals surface area (Å²) in [5.74, 6) is 1.72. The van der Waals surface area contributed by atoms with Crippen molar-refractivity contribution in [3.63, 3.8) is 0 Å². The number of rotatable bonds is 7. The third kappa shape index (κ3) is 4.84. The van der Waals surface area contributed by atoms with Crippen LogP contribution in [-0.2, 0) is 6.54 Å². The fraction of sp³-hybridized carbons (Fsp3) is 0.478. The van der Waals surface area contributed by atoms with Gasteiger partial charge in [0.2, 0.25) is 0 Å². The SMILES string of the molecule is Cc1ccc(NCCCN2CC3CN(Cc4ccccc4)CC3C2)cc1Cl. The first kappa shape index (κ1) is 18.8. The van der Waals surface area contributed by atoms with Crippen molar-refractivity contribution in [2.24, 2.45) is 11.8 Å². The molecular weight excluding hydrogens is 354 g/mol. The highest BCUT2D eigenvalue weighted by molar-refractivity contribution is 6.31. The summed E-state index contributed by atoms with van der Waals surface area (Å²) in [6.45, 7) is 10.4. The fourth-order valence-electron chi connectivity index (χ4n) is 4.58. The molecule has 2 aliphatic rings. The summed E-state index contributed by atoms with van der Waals surface area (Å²) in [4.78, 5) is 5.31. The zero-order valence-electron chi connectivity index (χ0n) is 16.2. The summed E-state index contributed by atoms with van der Waals surface area (Å²) < 4.78 is 0. The normalized spacial score (nSPS) is 22.9. The van der Waals surface area contributed by atoms with Crippen molar-refractivity contribution in [1.82, 2.24) is 9.80 Å². The Morgan fingerprint density at radius 1 is 0.963 bits per heavy atom. The minimum atomic E-state index is 0.840. The van der Waals surface area contributed by atoms with Gasteiger partial charge < -0.3 is 10.2 Å². The molecular formula is C23H30ClN3. The fourth-order valence-corrected chi connectivity index (χ4v) is 4.76. The van der Waals surface area contributed by atoms with Crippen LogP contribution in [0.5, 0.6) is 0 Å². The quantitative estimate of drug-likeness (QED) is 0.709. The van der Waals surface area contributed by atoms with Gasteiger partial charge in [0.05, 0.1) is 0 Å². The van der Waals surface area contributed by atoms with Gasteiger partial charge in [-0.2, -0.15) is 0 Å². The van der Waals surface area contributed by atoms with Crippen LogP contribution in [0.3, 0.4) is 0 Å². The first-order valence-electron chi connectivity index (χ1n) is 10.2. The molecule has 2 heterocycles. The van der Waals surface area contributed by atoms with Gasteiger partial charge in [0.15, 0.2) is 0 Å². The number of likely N-dealkylation sites (tertiary alicyclic amines) is 2. The first-order valence-corrected chi connectivity index (χ1v) is 10.5. The largest absolute Gasteiger partial charge is 0.385 e. The number of aryl methyl sites for hydroxylation is 1. The number of halogens is 1. The predicted octanol–water partition coefficient (Wildman–Crippen LogP) is 4.51. The summed E-state index contributed by atoms with van der Waals surface area (Å²) in [5.41, 5.74) is 3.70. The van der Waals surface area contributed by atoms with Crippen LogP contribution in [0.1, 0.15) is 17.5 Å². The molecule has 2 atom stereocenters. The van der Waals surface area contributed by atoms with Crippen LogP contribution in [0.2, 0.25) is 5.02 Å². The highest BCUT2D eigenvalue weighted by Crippen LogP contribution is 2.31. The van der Waals surface area contributed by atoms with E-state index in [4.69, 9.17) is 11.6 Å². The van der Waals surface area contributed by atoms with Gasteiger partial charge in [-0.25, -0.2) is 0 Å². The predicted molar refractivity (Wildman–Crippen MR) is 114 cm³/mol. The van der Waals surface area contributed by atoms with Crippen LogP contribution in [0, 0.1) is 18.8 Å². The maximum Gasteiger partial charge on any atom is 0.0455 e. The van der Waals surface area contributed by atoms with Gasteiger partial charge in [0.25, 0.3) is 0 Å². The smallest absolute Gasteiger partial charge is 0.0455 e. The van der Waals surface area contributed by atoms with Gasteiger partial charge in [-0.3, -0.25) is 4.90 Å². The summed E-state index contributed by atoms with van der Waals surface area (Å²) >= 11 is 6.20. The molecule has 2 saturated heterocycles. The van der Waals surface area contributed by atoms with Crippen molar-refractivity contribution in [2.45, 2.75) is 19.9 Å². The third-order valence-corrected chi connectivity index (χ3v) is 6.45. The highest BCUT2D eigenvalue weighted by atomic mass is 35.5. The van der Waals surface area contributed by atoms with Crippen molar-refractivity contribution in [2.75, 3.05) is 44.6 Å². The van der Waals surface area contributed by atoms with Gasteiger partial charge in [-0.15, -0.1) is 0 Å². The Bertz CT molecular complexity index is 735. The lowest BCUT2D eigenvalue weighted by Gasteiger charge is -2.21. The molecule has 27 heavy (non-hydrogen) atoms. The summed E-state index contributed by atoms with van der Waals surface area (Å²) in [7, 11) is 0. The second-order valence-electron chi connectivity index (χ2n) is 8.20. The van der Waals surface area contributed by atoms with Crippen LogP contribution in [0.15, 0.2) is 48.5 Å². The molecule has 4 heteroatoms. The van der Waals surface area contributed by atoms with Gasteiger partial charge in [-0.05, 0) is 55.0 Å². The van der Waals surface area contributed by atoms with E-state index in [1.54, 1.807) is 0 Å². The Morgan fingerprint density at radius 3 is 2.37 bits per heavy atom. The third-order valence-electron chi connectivity index (χ3n) is 6.04. The number of nitrogens with one attached hydrogen (secondary N) is 1. The Morgan fingerprint density at radius 2 is 1.67 bits per heavy atom. The van der Waals surface area contributed by atoms with E-state index >= 15 is 0 Å². The van der Waals surface area contributed by atoms with Gasteiger partial charge in [0, 0.05) is 50.0 Å². The van der Waals surface area contributed by atoms with E-state index in [-0.39, 0.29) is 0 Å². The van der Waals surface area contributed by atoms with Crippen molar-refractivity contribution >= 4 is 17.3 Å². The van der Waals surface area contributed by atoms with Gasteiger partial charge >= 0.3 is 0 Å². The molecule has 2 aliphatic heterocycles. The zero-order chi connectivity index (χ0) is 18.6. The van der Waals surface area contributed by atoms with E-state index in [1.165, 1.54) is 44.7 Å². The minimum Gasteiger partial charge on any atom is -0.385 e. The second-order valence-corrected chi connectivity index (χ2v) is 8.61. The molecule has 1 N–H and O–H groups in total. The van der Waals surface area contributed by atoms with E-state index in [0.717, 1.165) is 41.2 Å². The average Bonchev–Trinajstić information content (AvgIpc) is 3.20. The van der Waals surface area contributed by atoms with Crippen LogP contribution in [-0.4, -0.2) is 49.1 Å². The Kier molecular flexibility index (Phi) is 6.01. The van der Waals surface area contributed by atoms with E-state index in [0.29, 0.717) is 0 Å². The topological polar surface area (TPSA) is 18.5 Å². The molecule has 2 fully saturated rings. The average molecular weight is 384 g/mol. The second kappa shape index (κ2) is 8.64. The Labute approximate surface area is 168 Å². The van der Waals surface area contributed by atoms with Crippen LogP contribution in [0.4, 0.5) is 5.69 Å². The number of fused-ring (bicyclic) bond motifs is 1. The van der Waals surface area contributed by atoms with Crippen molar-refractivity contribution in [3.05, 3.63) is 64.7 Å². The molecule has 144 valence electrons. The lowest BCUT2D eigenvalue weighted by atomic mass is 10.0. The van der Waals surface area contributed by atoms with Crippen molar-refractivity contribution < 1.29 is 0 Å². The number of hydrogen-bond acceptors (Lipinski definition) is 3. The molecule has 0 aliphatic carbocycles. The lowest BCUT2D eigenvalue weighted by molar-refractivity contribution is 0.250. The standard InChI is InChI=1S/C23H30ClN3/c1-18-8-9-22(12-23(18)24)25-10-5-11-26-14-20-16-27(17-21(20)15-26)13-19-6-3-2-4-7-19/h2-4,6-9,12,20-21,25H,5,10-11,13-17H2,1H3. The molecule has 0 saturated carbocycles. The Balaban J connectivity index is 1.16. The summed E-state index contributed by atoms with van der Waals surface area (Å²) in [6.07, 6.45) is 1.18. The number of nitrogens with zero attached hydrogens (tertiary/aromatic N) is 2. The van der Waals surface area contributed by atoms with Gasteiger partial charge in [0.1, 0.15) is 0 Å². The molecule has 3 nitrogen and oxygen atoms in total. The Hall–Kier alpha value is -1.55. The van der Waals surface area contributed by atoms with Crippen LogP contribution < -0.4 is 5.32 Å². The number of hydrogen-bond donors (Lipinski definition) is 1. The monoisotopic (exact) mass is 383 g/mol. The zero-order valence-corrected chi connectivity index (χ0v) is 17.0. The number of benzene rings is 2. The van der Waals surface area contributed by atoms with Crippen LogP contribution >= 0.6 is 11.6 Å².